The van der Waals surface area contributed by atoms with Crippen LogP contribution in [0.3, 0.4) is 0 Å². The number of nitrogens with one attached hydrogen (secondary N) is 1. The van der Waals surface area contributed by atoms with Gasteiger partial charge in [-0.25, -0.2) is 4.98 Å². The Balaban J connectivity index is 2.08. The van der Waals surface area contributed by atoms with E-state index in [1.54, 1.807) is 6.20 Å². The van der Waals surface area contributed by atoms with Crippen LogP contribution in [0.15, 0.2) is 35.1 Å². The van der Waals surface area contributed by atoms with Crippen LogP contribution >= 0.6 is 15.9 Å². The Morgan fingerprint density at radius 3 is 2.85 bits per heavy atom. The molecule has 0 aliphatic carbocycles. The fourth-order valence-electron chi connectivity index (χ4n) is 1.82. The fraction of sp³-hybridized carbons (Fsp3) is 0.400. The van der Waals surface area contributed by atoms with Gasteiger partial charge in [0.1, 0.15) is 18.2 Å². The van der Waals surface area contributed by atoms with Crippen molar-refractivity contribution in [2.45, 2.75) is 33.0 Å². The average molecular weight is 338 g/mol. The van der Waals surface area contributed by atoms with E-state index in [1.165, 1.54) is 0 Å². The largest absolute Gasteiger partial charge is 0.485 e. The highest BCUT2D eigenvalue weighted by atomic mass is 79.9. The number of hydrogen-bond acceptors (Lipinski definition) is 3. The molecule has 4 nitrogen and oxygen atoms in total. The molecule has 0 aliphatic rings. The van der Waals surface area contributed by atoms with Crippen LogP contribution in [-0.4, -0.2) is 15.6 Å². The summed E-state index contributed by atoms with van der Waals surface area (Å²) in [4.78, 5) is 4.27. The summed E-state index contributed by atoms with van der Waals surface area (Å²) >= 11 is 3.50. The normalized spacial score (nSPS) is 11.1. The van der Waals surface area contributed by atoms with Gasteiger partial charge in [-0.05, 0) is 18.2 Å². The number of aryl methyl sites for hydroxylation is 1. The molecule has 0 amide bonds. The second-order valence-electron chi connectivity index (χ2n) is 5.03. The zero-order valence-corrected chi connectivity index (χ0v) is 13.6. The van der Waals surface area contributed by atoms with E-state index in [0.717, 1.165) is 28.2 Å². The van der Waals surface area contributed by atoms with Crippen LogP contribution in [0.4, 0.5) is 0 Å². The molecule has 1 aromatic heterocycles. The van der Waals surface area contributed by atoms with Crippen LogP contribution in [0.2, 0.25) is 0 Å². The molecule has 108 valence electrons. The van der Waals surface area contributed by atoms with Gasteiger partial charge in [0.05, 0.1) is 0 Å². The van der Waals surface area contributed by atoms with Crippen LogP contribution in [0.25, 0.3) is 0 Å². The third-order valence-electron chi connectivity index (χ3n) is 3.00. The molecule has 0 saturated heterocycles. The fourth-order valence-corrected chi connectivity index (χ4v) is 2.23. The number of ether oxygens (including phenoxy) is 1. The molecule has 0 bridgehead atoms. The molecule has 0 aliphatic heterocycles. The standard InChI is InChI=1S/C15H20BrN3O/c1-11(2)18-9-12-8-13(16)4-5-14(12)20-10-15-17-6-7-19(15)3/h4-8,11,18H,9-10H2,1-3H3. The van der Waals surface area contributed by atoms with E-state index in [-0.39, 0.29) is 0 Å². The summed E-state index contributed by atoms with van der Waals surface area (Å²) in [6, 6.07) is 6.51. The smallest absolute Gasteiger partial charge is 0.146 e. The number of aromatic nitrogens is 2. The topological polar surface area (TPSA) is 39.1 Å². The molecule has 2 rings (SSSR count). The van der Waals surface area contributed by atoms with Gasteiger partial charge in [-0.15, -0.1) is 0 Å². The molecule has 0 atom stereocenters. The van der Waals surface area contributed by atoms with Gasteiger partial charge >= 0.3 is 0 Å². The van der Waals surface area contributed by atoms with Gasteiger partial charge in [0.2, 0.25) is 0 Å². The van der Waals surface area contributed by atoms with Crippen molar-refractivity contribution in [1.82, 2.24) is 14.9 Å². The maximum Gasteiger partial charge on any atom is 0.146 e. The van der Waals surface area contributed by atoms with Gasteiger partial charge in [0, 0.05) is 42.1 Å². The Hall–Kier alpha value is -1.33. The van der Waals surface area contributed by atoms with E-state index in [9.17, 15) is 0 Å². The molecule has 2 aromatic rings. The second kappa shape index (κ2) is 6.90. The first-order chi connectivity index (χ1) is 9.56. The van der Waals surface area contributed by atoms with Crippen molar-refractivity contribution in [3.8, 4) is 5.75 Å². The van der Waals surface area contributed by atoms with Crippen molar-refractivity contribution < 1.29 is 4.74 Å². The maximum atomic E-state index is 5.91. The summed E-state index contributed by atoms with van der Waals surface area (Å²) in [6.07, 6.45) is 3.70. The SMILES string of the molecule is CC(C)NCc1cc(Br)ccc1OCc1nccn1C. The highest BCUT2D eigenvalue weighted by Crippen LogP contribution is 2.24. The molecule has 1 heterocycles. The third kappa shape index (κ3) is 4.08. The molecule has 0 radical (unpaired) electrons. The summed E-state index contributed by atoms with van der Waals surface area (Å²) in [6.45, 7) is 5.52. The number of benzene rings is 1. The first-order valence-electron chi connectivity index (χ1n) is 6.67. The second-order valence-corrected chi connectivity index (χ2v) is 5.95. The molecule has 0 unspecified atom stereocenters. The Morgan fingerprint density at radius 1 is 1.40 bits per heavy atom. The van der Waals surface area contributed by atoms with Crippen LogP contribution in [0.1, 0.15) is 25.2 Å². The molecule has 5 heteroatoms. The first-order valence-corrected chi connectivity index (χ1v) is 7.46. The summed E-state index contributed by atoms with van der Waals surface area (Å²) in [5.74, 6) is 1.81. The number of rotatable bonds is 6. The molecule has 0 saturated carbocycles. The molecular formula is C15H20BrN3O. The minimum atomic E-state index is 0.441. The van der Waals surface area contributed by atoms with Crippen molar-refractivity contribution in [3.05, 3.63) is 46.5 Å². The van der Waals surface area contributed by atoms with Crippen molar-refractivity contribution in [2.75, 3.05) is 0 Å². The lowest BCUT2D eigenvalue weighted by Crippen LogP contribution is -2.22. The van der Waals surface area contributed by atoms with Crippen molar-refractivity contribution >= 4 is 15.9 Å². The van der Waals surface area contributed by atoms with Crippen molar-refractivity contribution in [1.29, 1.82) is 0 Å². The highest BCUT2D eigenvalue weighted by Gasteiger charge is 2.07. The summed E-state index contributed by atoms with van der Waals surface area (Å²) in [5, 5.41) is 3.41. The monoisotopic (exact) mass is 337 g/mol. The third-order valence-corrected chi connectivity index (χ3v) is 3.49. The lowest BCUT2D eigenvalue weighted by atomic mass is 10.2. The van der Waals surface area contributed by atoms with E-state index < -0.39 is 0 Å². The van der Waals surface area contributed by atoms with Crippen LogP contribution in [-0.2, 0) is 20.2 Å². The van der Waals surface area contributed by atoms with Crippen LogP contribution in [0, 0.1) is 0 Å². The molecule has 1 N–H and O–H groups in total. The quantitative estimate of drug-likeness (QED) is 0.879. The zero-order chi connectivity index (χ0) is 14.5. The Kier molecular flexibility index (Phi) is 5.20. The van der Waals surface area contributed by atoms with Gasteiger partial charge in [0.25, 0.3) is 0 Å². The molecular weight excluding hydrogens is 318 g/mol. The predicted molar refractivity (Wildman–Crippen MR) is 83.7 cm³/mol. The first kappa shape index (κ1) is 15.1. The number of halogens is 1. The Bertz CT molecular complexity index is 566. The molecule has 20 heavy (non-hydrogen) atoms. The van der Waals surface area contributed by atoms with E-state index in [0.29, 0.717) is 12.6 Å². The molecule has 0 spiro atoms. The van der Waals surface area contributed by atoms with E-state index in [4.69, 9.17) is 4.74 Å². The predicted octanol–water partition coefficient (Wildman–Crippen LogP) is 3.26. The highest BCUT2D eigenvalue weighted by molar-refractivity contribution is 9.10. The number of hydrogen-bond donors (Lipinski definition) is 1. The minimum Gasteiger partial charge on any atom is -0.485 e. The van der Waals surface area contributed by atoms with E-state index in [2.05, 4.69) is 46.1 Å². The van der Waals surface area contributed by atoms with Gasteiger partial charge in [-0.1, -0.05) is 29.8 Å². The Morgan fingerprint density at radius 2 is 2.20 bits per heavy atom. The minimum absolute atomic E-state index is 0.441. The summed E-state index contributed by atoms with van der Waals surface area (Å²) in [7, 11) is 1.97. The van der Waals surface area contributed by atoms with Gasteiger partial charge < -0.3 is 14.6 Å². The van der Waals surface area contributed by atoms with Crippen LogP contribution in [0.5, 0.6) is 5.75 Å². The van der Waals surface area contributed by atoms with Crippen molar-refractivity contribution in [3.63, 3.8) is 0 Å². The van der Waals surface area contributed by atoms with E-state index in [1.807, 2.05) is 29.9 Å². The van der Waals surface area contributed by atoms with Crippen molar-refractivity contribution in [2.24, 2.45) is 7.05 Å². The van der Waals surface area contributed by atoms with Gasteiger partial charge in [-0.2, -0.15) is 0 Å². The lowest BCUT2D eigenvalue weighted by Gasteiger charge is -2.14. The maximum absolute atomic E-state index is 5.91. The van der Waals surface area contributed by atoms with Crippen LogP contribution < -0.4 is 10.1 Å². The number of nitrogens with zero attached hydrogens (tertiary/aromatic N) is 2. The zero-order valence-electron chi connectivity index (χ0n) is 12.1. The molecule has 0 fully saturated rings. The van der Waals surface area contributed by atoms with Gasteiger partial charge in [0.15, 0.2) is 0 Å². The van der Waals surface area contributed by atoms with Gasteiger partial charge in [-0.3, -0.25) is 0 Å². The number of imidazole rings is 1. The summed E-state index contributed by atoms with van der Waals surface area (Å²) < 4.78 is 8.93. The summed E-state index contributed by atoms with van der Waals surface area (Å²) in [5.41, 5.74) is 1.14. The lowest BCUT2D eigenvalue weighted by molar-refractivity contribution is 0.287. The molecule has 1 aromatic carbocycles. The Labute approximate surface area is 128 Å². The van der Waals surface area contributed by atoms with E-state index >= 15 is 0 Å². The average Bonchev–Trinajstić information content (AvgIpc) is 2.81.